The minimum atomic E-state index is -0.123. The number of benzene rings is 1. The van der Waals surface area contributed by atoms with Crippen LogP contribution in [0.5, 0.6) is 0 Å². The first-order valence-corrected chi connectivity index (χ1v) is 12.6. The van der Waals surface area contributed by atoms with Crippen LogP contribution in [0.4, 0.5) is 0 Å². The molecule has 0 saturated heterocycles. The maximum atomic E-state index is 12.1. The number of aromatic nitrogens is 2. The van der Waals surface area contributed by atoms with Gasteiger partial charge in [0.25, 0.3) is 0 Å². The molecule has 0 N–H and O–H groups in total. The van der Waals surface area contributed by atoms with Crippen molar-refractivity contribution in [3.8, 4) is 11.4 Å². The number of nitrogens with zero attached hydrogens (tertiary/aromatic N) is 2. The van der Waals surface area contributed by atoms with Crippen LogP contribution in [-0.4, -0.2) is 22.5 Å². The van der Waals surface area contributed by atoms with Crippen LogP contribution in [0.3, 0.4) is 0 Å². The van der Waals surface area contributed by atoms with E-state index in [9.17, 15) is 4.79 Å². The number of aryl methyl sites for hydroxylation is 1. The molecule has 1 heterocycles. The molecule has 2 aromatic rings. The van der Waals surface area contributed by atoms with Gasteiger partial charge >= 0.3 is 5.97 Å². The van der Waals surface area contributed by atoms with Gasteiger partial charge in [0.15, 0.2) is 5.82 Å². The maximum absolute atomic E-state index is 12.1. The number of unbranched alkanes of at least 4 members (excludes halogenated alkanes) is 6. The first kappa shape index (κ1) is 26.0. The summed E-state index contributed by atoms with van der Waals surface area (Å²) >= 11 is 0. The number of carbonyl (C=O) groups is 1. The highest BCUT2D eigenvalue weighted by Gasteiger charge is 2.14. The Labute approximate surface area is 195 Å². The quantitative estimate of drug-likeness (QED) is 0.213. The van der Waals surface area contributed by atoms with E-state index >= 15 is 0 Å². The molecule has 32 heavy (non-hydrogen) atoms. The Morgan fingerprint density at radius 2 is 1.53 bits per heavy atom. The van der Waals surface area contributed by atoms with E-state index in [0.29, 0.717) is 18.9 Å². The van der Waals surface area contributed by atoms with Gasteiger partial charge in [-0.2, -0.15) is 0 Å². The standard InChI is InChI=1S/C28H42N2O2/c1-5-7-8-9-10-11-12-13-24-19-29-28(30-20-24)26-16-14-25(15-17-26)23(4)18-27(31)32-21-22(3)6-2/h14-17,19-20,22-23H,5-13,18,21H2,1-4H3. The van der Waals surface area contributed by atoms with Gasteiger partial charge in [-0.3, -0.25) is 4.79 Å². The fourth-order valence-corrected chi connectivity index (χ4v) is 3.66. The molecule has 4 heteroatoms. The molecule has 1 aromatic carbocycles. The predicted molar refractivity (Wildman–Crippen MR) is 133 cm³/mol. The van der Waals surface area contributed by atoms with Crippen LogP contribution in [0.25, 0.3) is 11.4 Å². The second kappa shape index (κ2) is 14.8. The molecule has 2 rings (SSSR count). The summed E-state index contributed by atoms with van der Waals surface area (Å²) in [7, 11) is 0. The van der Waals surface area contributed by atoms with Crippen LogP contribution in [0.1, 0.15) is 103 Å². The van der Waals surface area contributed by atoms with Gasteiger partial charge in [0.2, 0.25) is 0 Å². The van der Waals surface area contributed by atoms with E-state index in [0.717, 1.165) is 29.8 Å². The molecule has 4 nitrogen and oxygen atoms in total. The highest BCUT2D eigenvalue weighted by atomic mass is 16.5. The van der Waals surface area contributed by atoms with Crippen molar-refractivity contribution in [1.29, 1.82) is 0 Å². The normalized spacial score (nSPS) is 13.0. The van der Waals surface area contributed by atoms with Crippen molar-refractivity contribution in [3.63, 3.8) is 0 Å². The number of ether oxygens (including phenoxy) is 1. The molecule has 1 aromatic heterocycles. The summed E-state index contributed by atoms with van der Waals surface area (Å²) in [5, 5.41) is 0. The van der Waals surface area contributed by atoms with E-state index in [-0.39, 0.29) is 11.9 Å². The van der Waals surface area contributed by atoms with E-state index in [1.807, 2.05) is 24.5 Å². The molecule has 0 spiro atoms. The monoisotopic (exact) mass is 438 g/mol. The summed E-state index contributed by atoms with van der Waals surface area (Å²) < 4.78 is 5.39. The van der Waals surface area contributed by atoms with Crippen molar-refractivity contribution in [2.24, 2.45) is 5.92 Å². The number of hydrogen-bond acceptors (Lipinski definition) is 4. The zero-order chi connectivity index (χ0) is 23.2. The lowest BCUT2D eigenvalue weighted by Gasteiger charge is -2.14. The molecular formula is C28H42N2O2. The predicted octanol–water partition coefficient (Wildman–Crippen LogP) is 7.52. The lowest BCUT2D eigenvalue weighted by Crippen LogP contribution is -2.13. The third-order valence-corrected chi connectivity index (χ3v) is 6.21. The van der Waals surface area contributed by atoms with E-state index in [4.69, 9.17) is 4.74 Å². The Balaban J connectivity index is 1.78. The molecule has 176 valence electrons. The average Bonchev–Trinajstić information content (AvgIpc) is 2.82. The highest BCUT2D eigenvalue weighted by Crippen LogP contribution is 2.23. The van der Waals surface area contributed by atoms with Gasteiger partial charge in [-0.15, -0.1) is 0 Å². The fourth-order valence-electron chi connectivity index (χ4n) is 3.66. The van der Waals surface area contributed by atoms with E-state index in [2.05, 4.69) is 49.8 Å². The second-order valence-electron chi connectivity index (χ2n) is 9.21. The summed E-state index contributed by atoms with van der Waals surface area (Å²) in [6.07, 6.45) is 15.6. The largest absolute Gasteiger partial charge is 0.465 e. The van der Waals surface area contributed by atoms with Crippen LogP contribution in [0.15, 0.2) is 36.7 Å². The Bertz CT molecular complexity index is 771. The smallest absolute Gasteiger partial charge is 0.306 e. The number of carbonyl (C=O) groups excluding carboxylic acids is 1. The third-order valence-electron chi connectivity index (χ3n) is 6.21. The van der Waals surface area contributed by atoms with Crippen molar-refractivity contribution in [3.05, 3.63) is 47.8 Å². The van der Waals surface area contributed by atoms with Gasteiger partial charge in [-0.1, -0.05) is 96.9 Å². The summed E-state index contributed by atoms with van der Waals surface area (Å²) in [5.74, 6) is 1.16. The minimum absolute atomic E-state index is 0.123. The van der Waals surface area contributed by atoms with Gasteiger partial charge in [0.05, 0.1) is 13.0 Å². The molecule has 0 aliphatic rings. The van der Waals surface area contributed by atoms with E-state index in [1.165, 1.54) is 50.5 Å². The summed E-state index contributed by atoms with van der Waals surface area (Å²) in [4.78, 5) is 21.2. The molecule has 0 radical (unpaired) electrons. The number of esters is 1. The second-order valence-corrected chi connectivity index (χ2v) is 9.21. The van der Waals surface area contributed by atoms with Crippen molar-refractivity contribution in [2.45, 2.75) is 97.8 Å². The van der Waals surface area contributed by atoms with E-state index in [1.54, 1.807) is 0 Å². The molecule has 0 fully saturated rings. The van der Waals surface area contributed by atoms with Gasteiger partial charge in [-0.25, -0.2) is 9.97 Å². The lowest BCUT2D eigenvalue weighted by molar-refractivity contribution is -0.145. The number of rotatable bonds is 15. The molecule has 0 bridgehead atoms. The summed E-state index contributed by atoms with van der Waals surface area (Å²) in [6, 6.07) is 8.22. The highest BCUT2D eigenvalue weighted by molar-refractivity contribution is 5.70. The summed E-state index contributed by atoms with van der Waals surface area (Å²) in [5.41, 5.74) is 3.34. The SMILES string of the molecule is CCCCCCCCCc1cnc(-c2ccc(C(C)CC(=O)OCC(C)CC)cc2)nc1. The fraction of sp³-hybridized carbons (Fsp3) is 0.607. The van der Waals surface area contributed by atoms with Gasteiger partial charge in [0, 0.05) is 18.0 Å². The van der Waals surface area contributed by atoms with Crippen LogP contribution >= 0.6 is 0 Å². The zero-order valence-corrected chi connectivity index (χ0v) is 20.6. The van der Waals surface area contributed by atoms with Crippen LogP contribution < -0.4 is 0 Å². The third kappa shape index (κ3) is 9.50. The van der Waals surface area contributed by atoms with Crippen molar-refractivity contribution < 1.29 is 9.53 Å². The lowest BCUT2D eigenvalue weighted by atomic mass is 9.96. The Morgan fingerprint density at radius 3 is 2.16 bits per heavy atom. The van der Waals surface area contributed by atoms with Crippen molar-refractivity contribution in [1.82, 2.24) is 9.97 Å². The molecule has 2 atom stereocenters. The van der Waals surface area contributed by atoms with Crippen LogP contribution in [0.2, 0.25) is 0 Å². The van der Waals surface area contributed by atoms with Crippen molar-refractivity contribution >= 4 is 5.97 Å². The summed E-state index contributed by atoms with van der Waals surface area (Å²) in [6.45, 7) is 9.03. The van der Waals surface area contributed by atoms with Gasteiger partial charge in [-0.05, 0) is 35.8 Å². The van der Waals surface area contributed by atoms with Gasteiger partial charge < -0.3 is 4.74 Å². The molecule has 0 aliphatic heterocycles. The molecule has 0 aliphatic carbocycles. The van der Waals surface area contributed by atoms with E-state index < -0.39 is 0 Å². The first-order valence-electron chi connectivity index (χ1n) is 12.6. The first-order chi connectivity index (χ1) is 15.5. The average molecular weight is 439 g/mol. The van der Waals surface area contributed by atoms with Crippen LogP contribution in [0, 0.1) is 5.92 Å². The Kier molecular flexibility index (Phi) is 12.0. The molecule has 0 amide bonds. The number of hydrogen-bond donors (Lipinski definition) is 0. The molecule has 2 unspecified atom stereocenters. The molecular weight excluding hydrogens is 396 g/mol. The van der Waals surface area contributed by atoms with Gasteiger partial charge in [0.1, 0.15) is 0 Å². The minimum Gasteiger partial charge on any atom is -0.465 e. The van der Waals surface area contributed by atoms with Crippen LogP contribution in [-0.2, 0) is 16.0 Å². The van der Waals surface area contributed by atoms with Crippen molar-refractivity contribution in [2.75, 3.05) is 6.61 Å². The topological polar surface area (TPSA) is 52.1 Å². The Morgan fingerprint density at radius 1 is 0.906 bits per heavy atom. The Hall–Kier alpha value is -2.23. The maximum Gasteiger partial charge on any atom is 0.306 e. The zero-order valence-electron chi connectivity index (χ0n) is 20.6. The molecule has 0 saturated carbocycles.